The number of likely N-dealkylation sites (tertiary alicyclic amines) is 1. The average Bonchev–Trinajstić information content (AvgIpc) is 3.21. The standard InChI is InChI=1S/C19H26N4O2.ClH/c1-12(2)16-15-14(10-13(3)21-17(15)25-22-16)18(24)23-8-5-19(6-9-23)4-7-20-11-19;/h10,12,20H,4-9,11H2,1-3H3;1H. The molecule has 26 heavy (non-hydrogen) atoms. The number of piperidine rings is 1. The van der Waals surface area contributed by atoms with Crippen molar-refractivity contribution >= 4 is 29.4 Å². The van der Waals surface area contributed by atoms with Gasteiger partial charge >= 0.3 is 0 Å². The van der Waals surface area contributed by atoms with Gasteiger partial charge in [-0.05, 0) is 50.1 Å². The molecule has 2 aliphatic rings. The maximum atomic E-state index is 13.3. The smallest absolute Gasteiger partial charge is 0.259 e. The molecule has 2 aliphatic heterocycles. The number of fused-ring (bicyclic) bond motifs is 1. The van der Waals surface area contributed by atoms with Crippen LogP contribution in [0.15, 0.2) is 10.6 Å². The summed E-state index contributed by atoms with van der Waals surface area (Å²) < 4.78 is 5.41. The monoisotopic (exact) mass is 378 g/mol. The summed E-state index contributed by atoms with van der Waals surface area (Å²) in [5.41, 5.74) is 3.17. The van der Waals surface area contributed by atoms with Gasteiger partial charge in [-0.2, -0.15) is 0 Å². The van der Waals surface area contributed by atoms with Crippen LogP contribution < -0.4 is 5.32 Å². The van der Waals surface area contributed by atoms with E-state index >= 15 is 0 Å². The Morgan fingerprint density at radius 3 is 2.65 bits per heavy atom. The second-order valence-electron chi connectivity index (χ2n) is 7.93. The zero-order valence-corrected chi connectivity index (χ0v) is 16.5. The number of pyridine rings is 1. The van der Waals surface area contributed by atoms with Crippen molar-refractivity contribution in [3.8, 4) is 0 Å². The molecule has 0 atom stereocenters. The minimum absolute atomic E-state index is 0. The first-order chi connectivity index (χ1) is 12.0. The lowest BCUT2D eigenvalue weighted by Crippen LogP contribution is -2.44. The molecule has 0 bridgehead atoms. The fourth-order valence-corrected chi connectivity index (χ4v) is 4.24. The van der Waals surface area contributed by atoms with Gasteiger partial charge in [-0.25, -0.2) is 4.98 Å². The van der Waals surface area contributed by atoms with Crippen LogP contribution in [0.2, 0.25) is 0 Å². The number of amides is 1. The van der Waals surface area contributed by atoms with Gasteiger partial charge in [0.1, 0.15) is 0 Å². The van der Waals surface area contributed by atoms with Crippen LogP contribution >= 0.6 is 12.4 Å². The first-order valence-electron chi connectivity index (χ1n) is 9.26. The highest BCUT2D eigenvalue weighted by molar-refractivity contribution is 6.06. The maximum Gasteiger partial charge on any atom is 0.259 e. The summed E-state index contributed by atoms with van der Waals surface area (Å²) in [6, 6.07) is 1.88. The van der Waals surface area contributed by atoms with Gasteiger partial charge in [-0.15, -0.1) is 12.4 Å². The highest BCUT2D eigenvalue weighted by Gasteiger charge is 2.38. The molecule has 1 N–H and O–H groups in total. The number of nitrogens with zero attached hydrogens (tertiary/aromatic N) is 3. The highest BCUT2D eigenvalue weighted by Crippen LogP contribution is 2.38. The van der Waals surface area contributed by atoms with Crippen LogP contribution in [0.25, 0.3) is 11.1 Å². The lowest BCUT2D eigenvalue weighted by atomic mass is 9.77. The van der Waals surface area contributed by atoms with Gasteiger partial charge in [0.25, 0.3) is 11.6 Å². The number of hydrogen-bond donors (Lipinski definition) is 1. The number of carbonyl (C=O) groups excluding carboxylic acids is 1. The molecule has 2 fully saturated rings. The van der Waals surface area contributed by atoms with E-state index in [9.17, 15) is 4.79 Å². The van der Waals surface area contributed by atoms with Crippen molar-refractivity contribution < 1.29 is 9.32 Å². The van der Waals surface area contributed by atoms with Crippen molar-refractivity contribution in [2.75, 3.05) is 26.2 Å². The Balaban J connectivity index is 0.00000196. The normalized spacial score (nSPS) is 19.3. The second kappa shape index (κ2) is 7.16. The van der Waals surface area contributed by atoms with Crippen LogP contribution in [0, 0.1) is 12.3 Å². The molecule has 1 spiro atoms. The number of nitrogens with one attached hydrogen (secondary N) is 1. The second-order valence-corrected chi connectivity index (χ2v) is 7.93. The topological polar surface area (TPSA) is 71.3 Å². The molecule has 142 valence electrons. The Bertz CT molecular complexity index is 801. The van der Waals surface area contributed by atoms with Crippen LogP contribution in [0.5, 0.6) is 0 Å². The Morgan fingerprint density at radius 2 is 2.04 bits per heavy atom. The van der Waals surface area contributed by atoms with E-state index in [1.165, 1.54) is 6.42 Å². The van der Waals surface area contributed by atoms with E-state index in [1.54, 1.807) is 0 Å². The molecule has 6 nitrogen and oxygen atoms in total. The fourth-order valence-electron chi connectivity index (χ4n) is 4.24. The third kappa shape index (κ3) is 3.21. The molecular formula is C19H27ClN4O2. The third-order valence-electron chi connectivity index (χ3n) is 5.82. The first kappa shape index (κ1) is 19.1. The number of rotatable bonds is 2. The van der Waals surface area contributed by atoms with Crippen LogP contribution in [0.3, 0.4) is 0 Å². The van der Waals surface area contributed by atoms with E-state index in [0.29, 0.717) is 16.7 Å². The molecule has 0 unspecified atom stereocenters. The summed E-state index contributed by atoms with van der Waals surface area (Å²) in [6.07, 6.45) is 3.40. The van der Waals surface area contributed by atoms with E-state index in [2.05, 4.69) is 29.3 Å². The minimum Gasteiger partial charge on any atom is -0.339 e. The van der Waals surface area contributed by atoms with Crippen molar-refractivity contribution in [3.05, 3.63) is 23.0 Å². The van der Waals surface area contributed by atoms with E-state index < -0.39 is 0 Å². The number of hydrogen-bond acceptors (Lipinski definition) is 5. The molecule has 4 rings (SSSR count). The van der Waals surface area contributed by atoms with Gasteiger partial charge in [0, 0.05) is 25.3 Å². The van der Waals surface area contributed by atoms with Crippen molar-refractivity contribution in [2.24, 2.45) is 5.41 Å². The Morgan fingerprint density at radius 1 is 1.31 bits per heavy atom. The van der Waals surface area contributed by atoms with Gasteiger partial charge in [-0.3, -0.25) is 4.79 Å². The zero-order chi connectivity index (χ0) is 17.6. The quantitative estimate of drug-likeness (QED) is 0.868. The van der Waals surface area contributed by atoms with E-state index in [-0.39, 0.29) is 24.2 Å². The van der Waals surface area contributed by atoms with Gasteiger partial charge < -0.3 is 14.7 Å². The van der Waals surface area contributed by atoms with Crippen molar-refractivity contribution in [1.82, 2.24) is 20.4 Å². The molecular weight excluding hydrogens is 352 g/mol. The molecule has 7 heteroatoms. The molecule has 0 aromatic carbocycles. The fraction of sp³-hybridized carbons (Fsp3) is 0.632. The number of halogens is 1. The summed E-state index contributed by atoms with van der Waals surface area (Å²) in [6.45, 7) is 9.86. The van der Waals surface area contributed by atoms with Gasteiger partial charge in [0.2, 0.25) is 0 Å². The number of carbonyl (C=O) groups is 1. The van der Waals surface area contributed by atoms with E-state index in [1.807, 2.05) is 17.9 Å². The Kier molecular flexibility index (Phi) is 5.26. The number of aromatic nitrogens is 2. The predicted molar refractivity (Wildman–Crippen MR) is 103 cm³/mol. The summed E-state index contributed by atoms with van der Waals surface area (Å²) in [7, 11) is 0. The molecule has 2 saturated heterocycles. The first-order valence-corrected chi connectivity index (χ1v) is 9.26. The minimum atomic E-state index is 0. The van der Waals surface area contributed by atoms with Crippen LogP contribution in [-0.4, -0.2) is 47.1 Å². The lowest BCUT2D eigenvalue weighted by molar-refractivity contribution is 0.0609. The summed E-state index contributed by atoms with van der Waals surface area (Å²) in [5.74, 6) is 0.271. The molecule has 2 aromatic heterocycles. The number of aryl methyl sites for hydroxylation is 1. The molecule has 0 radical (unpaired) electrons. The molecule has 1 amide bonds. The molecule has 4 heterocycles. The van der Waals surface area contributed by atoms with E-state index in [4.69, 9.17) is 4.52 Å². The van der Waals surface area contributed by atoms with Crippen molar-refractivity contribution in [3.63, 3.8) is 0 Å². The van der Waals surface area contributed by atoms with Gasteiger partial charge in [-0.1, -0.05) is 19.0 Å². The van der Waals surface area contributed by atoms with Gasteiger partial charge in [0.15, 0.2) is 0 Å². The predicted octanol–water partition coefficient (Wildman–Crippen LogP) is 3.29. The third-order valence-corrected chi connectivity index (χ3v) is 5.82. The summed E-state index contributed by atoms with van der Waals surface area (Å²) in [4.78, 5) is 19.7. The average molecular weight is 379 g/mol. The maximum absolute atomic E-state index is 13.3. The summed E-state index contributed by atoms with van der Waals surface area (Å²) in [5, 5.41) is 8.43. The summed E-state index contributed by atoms with van der Waals surface area (Å²) >= 11 is 0. The Labute approximate surface area is 160 Å². The Hall–Kier alpha value is -1.66. The SMILES string of the molecule is Cc1cc(C(=O)N2CCC3(CCNC3)CC2)c2c(C(C)C)noc2n1.Cl. The van der Waals surface area contributed by atoms with Crippen molar-refractivity contribution in [2.45, 2.75) is 46.0 Å². The molecule has 2 aromatic rings. The van der Waals surface area contributed by atoms with Crippen LogP contribution in [0.4, 0.5) is 0 Å². The largest absolute Gasteiger partial charge is 0.339 e. The van der Waals surface area contributed by atoms with Crippen LogP contribution in [-0.2, 0) is 0 Å². The lowest BCUT2D eigenvalue weighted by Gasteiger charge is -2.39. The van der Waals surface area contributed by atoms with Crippen LogP contribution in [0.1, 0.15) is 60.8 Å². The molecule has 0 saturated carbocycles. The van der Waals surface area contributed by atoms with E-state index in [0.717, 1.165) is 55.8 Å². The molecule has 0 aliphatic carbocycles. The van der Waals surface area contributed by atoms with Gasteiger partial charge in [0.05, 0.1) is 16.6 Å². The zero-order valence-electron chi connectivity index (χ0n) is 15.7. The van der Waals surface area contributed by atoms with Crippen molar-refractivity contribution in [1.29, 1.82) is 0 Å². The highest BCUT2D eigenvalue weighted by atomic mass is 35.5.